The van der Waals surface area contributed by atoms with E-state index in [1.165, 1.54) is 22.2 Å². The number of pyridine rings is 1. The van der Waals surface area contributed by atoms with Crippen molar-refractivity contribution in [2.45, 2.75) is 25.8 Å². The molecular weight excluding hydrogens is 406 g/mol. The molecule has 31 heavy (non-hydrogen) atoms. The molecule has 1 amide bonds. The third-order valence-electron chi connectivity index (χ3n) is 5.69. The Balaban J connectivity index is 1.55. The van der Waals surface area contributed by atoms with Crippen LogP contribution in [0.2, 0.25) is 0 Å². The summed E-state index contributed by atoms with van der Waals surface area (Å²) < 4.78 is 0. The maximum absolute atomic E-state index is 11.8. The normalized spacial score (nSPS) is 12.7. The van der Waals surface area contributed by atoms with Gasteiger partial charge in [-0.05, 0) is 54.7 Å². The summed E-state index contributed by atoms with van der Waals surface area (Å²) in [5.74, 6) is 1.59. The highest BCUT2D eigenvalue weighted by Gasteiger charge is 2.24. The van der Waals surface area contributed by atoms with Gasteiger partial charge in [-0.1, -0.05) is 12.1 Å². The maximum atomic E-state index is 11.8. The first-order valence-corrected chi connectivity index (χ1v) is 11.2. The first kappa shape index (κ1) is 19.6. The van der Waals surface area contributed by atoms with Gasteiger partial charge in [-0.15, -0.1) is 11.3 Å². The molecule has 0 unspecified atom stereocenters. The van der Waals surface area contributed by atoms with Crippen LogP contribution in [0, 0.1) is 0 Å². The second-order valence-corrected chi connectivity index (χ2v) is 8.87. The first-order valence-electron chi connectivity index (χ1n) is 10.4. The van der Waals surface area contributed by atoms with E-state index in [1.807, 2.05) is 42.6 Å². The number of nitrogens with one attached hydrogen (secondary N) is 1. The SMILES string of the molecule is CNC(=O)c1ccc(CN(C)c2nc(-c3cccnc3)nc3sc4c(c23)CCC4)cc1. The van der Waals surface area contributed by atoms with Crippen molar-refractivity contribution in [1.29, 1.82) is 0 Å². The van der Waals surface area contributed by atoms with Crippen molar-refractivity contribution in [3.05, 3.63) is 70.4 Å². The number of aryl methyl sites for hydroxylation is 2. The van der Waals surface area contributed by atoms with Crippen molar-refractivity contribution < 1.29 is 4.79 Å². The Kier molecular flexibility index (Phi) is 5.11. The highest BCUT2D eigenvalue weighted by molar-refractivity contribution is 7.19. The molecule has 156 valence electrons. The van der Waals surface area contributed by atoms with Crippen molar-refractivity contribution in [3.63, 3.8) is 0 Å². The number of hydrogen-bond donors (Lipinski definition) is 1. The molecule has 5 rings (SSSR count). The number of rotatable bonds is 5. The van der Waals surface area contributed by atoms with E-state index in [4.69, 9.17) is 9.97 Å². The number of nitrogens with zero attached hydrogens (tertiary/aromatic N) is 4. The van der Waals surface area contributed by atoms with Gasteiger partial charge in [-0.2, -0.15) is 0 Å². The van der Waals surface area contributed by atoms with Crippen LogP contribution in [0.4, 0.5) is 5.82 Å². The van der Waals surface area contributed by atoms with Gasteiger partial charge in [0.25, 0.3) is 5.91 Å². The Labute approximate surface area is 185 Å². The molecule has 0 saturated heterocycles. The number of carbonyl (C=O) groups is 1. The van der Waals surface area contributed by atoms with Crippen LogP contribution in [-0.2, 0) is 19.4 Å². The minimum Gasteiger partial charge on any atom is -0.355 e. The minimum atomic E-state index is -0.0765. The lowest BCUT2D eigenvalue weighted by molar-refractivity contribution is 0.0963. The Morgan fingerprint density at radius 3 is 2.74 bits per heavy atom. The third-order valence-corrected chi connectivity index (χ3v) is 6.88. The Hall–Kier alpha value is -3.32. The quantitative estimate of drug-likeness (QED) is 0.514. The highest BCUT2D eigenvalue weighted by atomic mass is 32.1. The molecule has 0 atom stereocenters. The van der Waals surface area contributed by atoms with Gasteiger partial charge in [0.1, 0.15) is 10.6 Å². The van der Waals surface area contributed by atoms with Gasteiger partial charge in [0.05, 0.1) is 5.39 Å². The lowest BCUT2D eigenvalue weighted by Gasteiger charge is -2.21. The first-order chi connectivity index (χ1) is 15.1. The van der Waals surface area contributed by atoms with E-state index < -0.39 is 0 Å². The van der Waals surface area contributed by atoms with Crippen molar-refractivity contribution in [2.24, 2.45) is 0 Å². The fourth-order valence-electron chi connectivity index (χ4n) is 4.13. The van der Waals surface area contributed by atoms with E-state index in [0.29, 0.717) is 17.9 Å². The van der Waals surface area contributed by atoms with Crippen LogP contribution in [0.1, 0.15) is 32.8 Å². The van der Waals surface area contributed by atoms with Gasteiger partial charge >= 0.3 is 0 Å². The molecule has 0 saturated carbocycles. The fourth-order valence-corrected chi connectivity index (χ4v) is 5.39. The predicted octanol–water partition coefficient (Wildman–Crippen LogP) is 4.24. The van der Waals surface area contributed by atoms with E-state index in [1.54, 1.807) is 24.6 Å². The average Bonchev–Trinajstić information content (AvgIpc) is 3.40. The molecule has 3 aromatic heterocycles. The van der Waals surface area contributed by atoms with E-state index in [-0.39, 0.29) is 5.91 Å². The molecule has 0 aliphatic heterocycles. The summed E-state index contributed by atoms with van der Waals surface area (Å²) in [4.78, 5) is 30.6. The molecule has 1 aliphatic rings. The molecule has 1 N–H and O–H groups in total. The van der Waals surface area contributed by atoms with Gasteiger partial charge in [-0.3, -0.25) is 9.78 Å². The molecule has 0 radical (unpaired) electrons. The predicted molar refractivity (Wildman–Crippen MR) is 125 cm³/mol. The molecule has 3 heterocycles. The Morgan fingerprint density at radius 2 is 2.00 bits per heavy atom. The van der Waals surface area contributed by atoms with Crippen LogP contribution in [-0.4, -0.2) is 35.0 Å². The Bertz CT molecular complexity index is 1250. The number of amides is 1. The number of fused-ring (bicyclic) bond motifs is 3. The molecule has 0 bridgehead atoms. The monoisotopic (exact) mass is 429 g/mol. The molecular formula is C24H23N5OS. The van der Waals surface area contributed by atoms with Crippen LogP contribution in [0.3, 0.4) is 0 Å². The summed E-state index contributed by atoms with van der Waals surface area (Å²) in [6.07, 6.45) is 6.99. The summed E-state index contributed by atoms with van der Waals surface area (Å²) in [6.45, 7) is 0.692. The van der Waals surface area contributed by atoms with Crippen LogP contribution in [0.15, 0.2) is 48.8 Å². The molecule has 6 nitrogen and oxygen atoms in total. The largest absolute Gasteiger partial charge is 0.355 e. The third kappa shape index (κ3) is 3.65. The van der Waals surface area contributed by atoms with Crippen LogP contribution in [0.25, 0.3) is 21.6 Å². The minimum absolute atomic E-state index is 0.0765. The average molecular weight is 430 g/mol. The number of hydrogen-bond acceptors (Lipinski definition) is 6. The molecule has 0 fully saturated rings. The summed E-state index contributed by atoms with van der Waals surface area (Å²) in [5.41, 5.74) is 4.11. The van der Waals surface area contributed by atoms with Crippen LogP contribution in [0.5, 0.6) is 0 Å². The number of thiophene rings is 1. The molecule has 1 aliphatic carbocycles. The lowest BCUT2D eigenvalue weighted by Crippen LogP contribution is -2.20. The molecule has 4 aromatic rings. The molecule has 7 heteroatoms. The second kappa shape index (κ2) is 8.07. The number of aromatic nitrogens is 3. The topological polar surface area (TPSA) is 71.0 Å². The zero-order valence-corrected chi connectivity index (χ0v) is 18.4. The summed E-state index contributed by atoms with van der Waals surface area (Å²) in [5, 5.41) is 3.85. The fraction of sp³-hybridized carbons (Fsp3) is 0.250. The zero-order valence-electron chi connectivity index (χ0n) is 17.6. The summed E-state index contributed by atoms with van der Waals surface area (Å²) in [7, 11) is 3.71. The van der Waals surface area contributed by atoms with E-state index >= 15 is 0 Å². The second-order valence-electron chi connectivity index (χ2n) is 7.78. The van der Waals surface area contributed by atoms with E-state index in [0.717, 1.165) is 34.6 Å². The van der Waals surface area contributed by atoms with Gasteiger partial charge in [0.2, 0.25) is 0 Å². The smallest absolute Gasteiger partial charge is 0.251 e. The van der Waals surface area contributed by atoms with Crippen molar-refractivity contribution in [2.75, 3.05) is 19.0 Å². The van der Waals surface area contributed by atoms with Crippen molar-refractivity contribution in [1.82, 2.24) is 20.3 Å². The molecule has 0 spiro atoms. The maximum Gasteiger partial charge on any atom is 0.251 e. The van der Waals surface area contributed by atoms with Gasteiger partial charge in [-0.25, -0.2) is 9.97 Å². The standard InChI is InChI=1S/C24H23N5OS/c1-25-23(30)16-10-8-15(9-11-16)14-29(2)22-20-18-6-3-7-19(18)31-24(20)28-21(27-22)17-5-4-12-26-13-17/h4-5,8-13H,3,6-7,14H2,1-2H3,(H,25,30). The Morgan fingerprint density at radius 1 is 1.16 bits per heavy atom. The highest BCUT2D eigenvalue weighted by Crippen LogP contribution is 2.41. The molecule has 1 aromatic carbocycles. The van der Waals surface area contributed by atoms with E-state index in [9.17, 15) is 4.79 Å². The van der Waals surface area contributed by atoms with Gasteiger partial charge < -0.3 is 10.2 Å². The van der Waals surface area contributed by atoms with Crippen LogP contribution >= 0.6 is 11.3 Å². The zero-order chi connectivity index (χ0) is 21.4. The number of benzene rings is 1. The number of carbonyl (C=O) groups excluding carboxylic acids is 1. The summed E-state index contributed by atoms with van der Waals surface area (Å²) in [6, 6.07) is 11.6. The van der Waals surface area contributed by atoms with E-state index in [2.05, 4.69) is 22.2 Å². The van der Waals surface area contributed by atoms with Gasteiger partial charge in [0.15, 0.2) is 5.82 Å². The number of anilines is 1. The lowest BCUT2D eigenvalue weighted by atomic mass is 10.1. The van der Waals surface area contributed by atoms with Crippen LogP contribution < -0.4 is 10.2 Å². The summed E-state index contributed by atoms with van der Waals surface area (Å²) >= 11 is 1.80. The van der Waals surface area contributed by atoms with Crippen molar-refractivity contribution >= 4 is 33.3 Å². The van der Waals surface area contributed by atoms with Crippen molar-refractivity contribution in [3.8, 4) is 11.4 Å². The van der Waals surface area contributed by atoms with Gasteiger partial charge in [0, 0.05) is 49.0 Å².